The Labute approximate surface area is 303 Å². The lowest BCUT2D eigenvalue weighted by Crippen LogP contribution is -2.38. The summed E-state index contributed by atoms with van der Waals surface area (Å²) in [5, 5.41) is 1.64. The first-order valence-electron chi connectivity index (χ1n) is 18.5. The summed E-state index contributed by atoms with van der Waals surface area (Å²) < 4.78 is 43.4. The molecule has 2 heterocycles. The van der Waals surface area contributed by atoms with Gasteiger partial charge in [-0.05, 0) is 111 Å². The smallest absolute Gasteiger partial charge is 0.174 e. The number of anilines is 1. The van der Waals surface area contributed by atoms with Crippen LogP contribution in [0.4, 0.5) is 14.5 Å². The van der Waals surface area contributed by atoms with Crippen LogP contribution in [0.5, 0.6) is 5.75 Å². The van der Waals surface area contributed by atoms with Gasteiger partial charge in [-0.25, -0.2) is 8.78 Å². The van der Waals surface area contributed by atoms with Crippen molar-refractivity contribution in [2.24, 2.45) is 0 Å². The molecule has 1 fully saturated rings. The predicted octanol–water partition coefficient (Wildman–Crippen LogP) is 11.0. The molecule has 5 aromatic rings. The zero-order valence-electron chi connectivity index (χ0n) is 30.1. The van der Waals surface area contributed by atoms with Crippen molar-refractivity contribution >= 4 is 28.1 Å². The molecule has 0 saturated carbocycles. The Hall–Kier alpha value is -5.00. The van der Waals surface area contributed by atoms with E-state index in [0.717, 1.165) is 89.0 Å². The summed E-state index contributed by atoms with van der Waals surface area (Å²) in [7, 11) is 0. The largest absolute Gasteiger partial charge is 0.473 e. The molecule has 0 amide bonds. The third-order valence-corrected chi connectivity index (χ3v) is 12.6. The molecule has 5 aliphatic rings. The molecule has 0 radical (unpaired) electrons. The fourth-order valence-electron chi connectivity index (χ4n) is 9.98. The number of ether oxygens (including phenoxy) is 2. The molecule has 0 N–H and O–H groups in total. The zero-order chi connectivity index (χ0) is 35.6. The molecule has 2 aliphatic heterocycles. The lowest BCUT2D eigenvalue weighted by atomic mass is 9.73. The Morgan fingerprint density at radius 1 is 0.712 bits per heavy atom. The van der Waals surface area contributed by atoms with Gasteiger partial charge in [0, 0.05) is 46.1 Å². The summed E-state index contributed by atoms with van der Waals surface area (Å²) in [5.74, 6) is 0.0936. The van der Waals surface area contributed by atoms with E-state index >= 15 is 4.39 Å². The Bertz CT molecular complexity index is 2440. The molecule has 0 aromatic heterocycles. The van der Waals surface area contributed by atoms with Gasteiger partial charge in [-0.1, -0.05) is 88.4 Å². The van der Waals surface area contributed by atoms with E-state index in [1.807, 2.05) is 12.1 Å². The number of halogens is 2. The van der Waals surface area contributed by atoms with Gasteiger partial charge in [0.25, 0.3) is 0 Å². The van der Waals surface area contributed by atoms with Crippen LogP contribution in [-0.2, 0) is 21.2 Å². The van der Waals surface area contributed by atoms with Gasteiger partial charge in [0.2, 0.25) is 0 Å². The second-order valence-corrected chi connectivity index (χ2v) is 16.0. The second-order valence-electron chi connectivity index (χ2n) is 16.0. The molecule has 10 rings (SSSR count). The standard InChI is InChI=1S/C47H41F2NO2/c1-45(2)39-8-6-5-7-33(39)34-16-11-29(25-40(34)45)47(28-9-14-32(15-10-28)50-21-23-51-24-22-50)20-19-37-43-42(35-17-12-30(48)26-38(35)44(37)52-47)36-18-13-31(49)27-41(36)46(43,3)4/h5-10,12-15,17-20,25-27H,11,16,21-24H2,1-4H3. The topological polar surface area (TPSA) is 21.7 Å². The van der Waals surface area contributed by atoms with Gasteiger partial charge in [0.05, 0.1) is 13.2 Å². The minimum absolute atomic E-state index is 0.156. The average molecular weight is 690 g/mol. The highest BCUT2D eigenvalue weighted by atomic mass is 19.1. The molecular weight excluding hydrogens is 649 g/mol. The van der Waals surface area contributed by atoms with E-state index in [4.69, 9.17) is 9.47 Å². The zero-order valence-corrected chi connectivity index (χ0v) is 30.1. The van der Waals surface area contributed by atoms with Crippen molar-refractivity contribution in [2.45, 2.75) is 57.0 Å². The van der Waals surface area contributed by atoms with E-state index in [9.17, 15) is 4.39 Å². The highest BCUT2D eigenvalue weighted by Gasteiger charge is 2.47. The summed E-state index contributed by atoms with van der Waals surface area (Å²) in [6.45, 7) is 12.1. The van der Waals surface area contributed by atoms with Crippen LogP contribution in [0.25, 0.3) is 33.5 Å². The first kappa shape index (κ1) is 31.7. The van der Waals surface area contributed by atoms with Crippen LogP contribution in [0.2, 0.25) is 0 Å². The van der Waals surface area contributed by atoms with Crippen LogP contribution in [0.15, 0.2) is 108 Å². The fourth-order valence-corrected chi connectivity index (χ4v) is 9.98. The quantitative estimate of drug-likeness (QED) is 0.188. The molecule has 3 aliphatic carbocycles. The molecule has 5 heteroatoms. The van der Waals surface area contributed by atoms with Crippen LogP contribution in [0, 0.1) is 11.6 Å². The van der Waals surface area contributed by atoms with Crippen molar-refractivity contribution < 1.29 is 18.3 Å². The van der Waals surface area contributed by atoms with Crippen LogP contribution in [0.1, 0.15) is 73.9 Å². The van der Waals surface area contributed by atoms with Gasteiger partial charge in [-0.3, -0.25) is 0 Å². The summed E-state index contributed by atoms with van der Waals surface area (Å²) in [6, 6.07) is 27.7. The maximum absolute atomic E-state index is 15.4. The molecule has 1 unspecified atom stereocenters. The van der Waals surface area contributed by atoms with Gasteiger partial charge >= 0.3 is 0 Å². The third kappa shape index (κ3) is 4.32. The van der Waals surface area contributed by atoms with Gasteiger partial charge in [-0.15, -0.1) is 0 Å². The second kappa shape index (κ2) is 11.0. The SMILES string of the molecule is CC1(C)C2=C(CCC(C3(c4ccc(N5CCOCC5)cc4)C=Cc4c5c(c6ccc(F)cc6c4O3)-c3ccc(F)cc3C5(C)C)=C2)c2ccccc21. The number of fused-ring (bicyclic) bond motifs is 10. The van der Waals surface area contributed by atoms with Gasteiger partial charge < -0.3 is 14.4 Å². The van der Waals surface area contributed by atoms with Crippen molar-refractivity contribution in [3.8, 4) is 16.9 Å². The summed E-state index contributed by atoms with van der Waals surface area (Å²) >= 11 is 0. The Morgan fingerprint density at radius 2 is 1.46 bits per heavy atom. The molecular formula is C47H41F2NO2. The highest BCUT2D eigenvalue weighted by Crippen LogP contribution is 2.60. The normalized spacial score (nSPS) is 22.0. The van der Waals surface area contributed by atoms with Crippen molar-refractivity contribution in [3.63, 3.8) is 0 Å². The average Bonchev–Trinajstić information content (AvgIpc) is 3.54. The van der Waals surface area contributed by atoms with Crippen molar-refractivity contribution in [1.29, 1.82) is 0 Å². The third-order valence-electron chi connectivity index (χ3n) is 12.6. The number of hydrogen-bond donors (Lipinski definition) is 0. The van der Waals surface area contributed by atoms with Crippen molar-refractivity contribution in [3.05, 3.63) is 153 Å². The lowest BCUT2D eigenvalue weighted by Gasteiger charge is -2.41. The molecule has 1 atom stereocenters. The van der Waals surface area contributed by atoms with E-state index in [1.54, 1.807) is 12.1 Å². The number of morpholine rings is 1. The molecule has 5 aromatic carbocycles. The van der Waals surface area contributed by atoms with Gasteiger partial charge in [0.1, 0.15) is 17.4 Å². The Morgan fingerprint density at radius 3 is 2.27 bits per heavy atom. The number of hydrogen-bond acceptors (Lipinski definition) is 3. The number of allylic oxidation sites excluding steroid dienone is 3. The summed E-state index contributed by atoms with van der Waals surface area (Å²) in [4.78, 5) is 2.37. The molecule has 0 bridgehead atoms. The molecule has 0 spiro atoms. The number of benzene rings is 5. The van der Waals surface area contributed by atoms with Crippen LogP contribution < -0.4 is 9.64 Å². The van der Waals surface area contributed by atoms with Gasteiger partial charge in [0.15, 0.2) is 5.60 Å². The first-order chi connectivity index (χ1) is 25.1. The van der Waals surface area contributed by atoms with Crippen LogP contribution in [0.3, 0.4) is 0 Å². The van der Waals surface area contributed by atoms with E-state index in [2.05, 4.69) is 99.4 Å². The molecule has 52 heavy (non-hydrogen) atoms. The Balaban J connectivity index is 1.20. The first-order valence-corrected chi connectivity index (χ1v) is 18.5. The van der Waals surface area contributed by atoms with E-state index < -0.39 is 11.0 Å². The van der Waals surface area contributed by atoms with Crippen molar-refractivity contribution in [1.82, 2.24) is 0 Å². The minimum atomic E-state index is -0.935. The minimum Gasteiger partial charge on any atom is -0.473 e. The maximum atomic E-state index is 15.4. The van der Waals surface area contributed by atoms with Crippen LogP contribution >= 0.6 is 0 Å². The molecule has 3 nitrogen and oxygen atoms in total. The van der Waals surface area contributed by atoms with Crippen molar-refractivity contribution in [2.75, 3.05) is 31.2 Å². The number of nitrogens with zero attached hydrogens (tertiary/aromatic N) is 1. The Kier molecular flexibility index (Phi) is 6.71. The van der Waals surface area contributed by atoms with Gasteiger partial charge in [-0.2, -0.15) is 0 Å². The number of rotatable bonds is 3. The fraction of sp³-hybridized carbons (Fsp3) is 0.277. The summed E-state index contributed by atoms with van der Waals surface area (Å²) in [6.07, 6.45) is 8.58. The highest BCUT2D eigenvalue weighted by molar-refractivity contribution is 6.08. The van der Waals surface area contributed by atoms with E-state index in [-0.39, 0.29) is 17.0 Å². The van der Waals surface area contributed by atoms with Crippen LogP contribution in [-0.4, -0.2) is 26.3 Å². The monoisotopic (exact) mass is 689 g/mol. The maximum Gasteiger partial charge on any atom is 0.174 e. The van der Waals surface area contributed by atoms with E-state index in [0.29, 0.717) is 5.75 Å². The summed E-state index contributed by atoms with van der Waals surface area (Å²) in [5.41, 5.74) is 12.2. The predicted molar refractivity (Wildman–Crippen MR) is 206 cm³/mol. The lowest BCUT2D eigenvalue weighted by molar-refractivity contribution is 0.122. The molecule has 260 valence electrons. The van der Waals surface area contributed by atoms with E-state index in [1.165, 1.54) is 40.0 Å². The molecule has 1 saturated heterocycles.